The van der Waals surface area contributed by atoms with Gasteiger partial charge in [-0.05, 0) is 23.3 Å². The van der Waals surface area contributed by atoms with E-state index in [1.165, 1.54) is 0 Å². The molecule has 0 aliphatic carbocycles. The maximum absolute atomic E-state index is 12.6. The third-order valence-electron chi connectivity index (χ3n) is 5.24. The molecule has 0 saturated carbocycles. The predicted molar refractivity (Wildman–Crippen MR) is 115 cm³/mol. The molecule has 0 saturated heterocycles. The Morgan fingerprint density at radius 3 is 1.60 bits per heavy atom. The smallest absolute Gasteiger partial charge is 0.261 e. The first-order valence-electron chi connectivity index (χ1n) is 10.1. The summed E-state index contributed by atoms with van der Waals surface area (Å²) >= 11 is 0. The molecule has 1 unspecified atom stereocenters. The van der Waals surface area contributed by atoms with Gasteiger partial charge in [0.25, 0.3) is 11.8 Å². The Morgan fingerprint density at radius 1 is 0.700 bits per heavy atom. The monoisotopic (exact) mass is 400 g/mol. The molecule has 152 valence electrons. The van der Waals surface area contributed by atoms with Gasteiger partial charge in [-0.1, -0.05) is 72.8 Å². The molecule has 0 bridgehead atoms. The highest BCUT2D eigenvalue weighted by molar-refractivity contribution is 6.21. The number of hydrogen-bond donors (Lipinski definition) is 1. The van der Waals surface area contributed by atoms with Crippen molar-refractivity contribution < 1.29 is 14.7 Å². The van der Waals surface area contributed by atoms with Gasteiger partial charge in [-0.15, -0.1) is 0 Å². The third kappa shape index (κ3) is 4.48. The lowest BCUT2D eigenvalue weighted by Gasteiger charge is -2.27. The number of aliphatic hydroxyl groups excluding tert-OH is 1. The van der Waals surface area contributed by atoms with E-state index in [1.807, 2.05) is 36.4 Å². The lowest BCUT2D eigenvalue weighted by atomic mass is 10.1. The van der Waals surface area contributed by atoms with E-state index < -0.39 is 6.10 Å². The molecule has 1 aliphatic rings. The minimum atomic E-state index is -0.848. The van der Waals surface area contributed by atoms with Crippen LogP contribution >= 0.6 is 0 Å². The summed E-state index contributed by atoms with van der Waals surface area (Å²) in [4.78, 5) is 28.5. The lowest BCUT2D eigenvalue weighted by molar-refractivity contribution is 0.0458. The van der Waals surface area contributed by atoms with Crippen molar-refractivity contribution in [3.05, 3.63) is 107 Å². The molecule has 0 spiro atoms. The van der Waals surface area contributed by atoms with Crippen LogP contribution in [0, 0.1) is 0 Å². The van der Waals surface area contributed by atoms with E-state index >= 15 is 0 Å². The zero-order valence-corrected chi connectivity index (χ0v) is 16.6. The summed E-state index contributed by atoms with van der Waals surface area (Å²) in [6, 6.07) is 26.9. The Hall–Kier alpha value is -3.28. The van der Waals surface area contributed by atoms with Gasteiger partial charge in [0.15, 0.2) is 0 Å². The average molecular weight is 400 g/mol. The summed E-state index contributed by atoms with van der Waals surface area (Å²) in [6.07, 6.45) is -0.848. The third-order valence-corrected chi connectivity index (χ3v) is 5.24. The minimum Gasteiger partial charge on any atom is -0.390 e. The van der Waals surface area contributed by atoms with Crippen molar-refractivity contribution in [2.75, 3.05) is 13.1 Å². The van der Waals surface area contributed by atoms with Crippen LogP contribution in [0.15, 0.2) is 84.9 Å². The number of imide groups is 1. The van der Waals surface area contributed by atoms with Crippen molar-refractivity contribution in [3.63, 3.8) is 0 Å². The SMILES string of the molecule is O=C1c2ccccc2C(=O)N1CC(O)CN(Cc1ccccc1)Cc1ccccc1. The summed E-state index contributed by atoms with van der Waals surface area (Å²) < 4.78 is 0. The molecule has 2 amide bonds. The number of benzene rings is 3. The highest BCUT2D eigenvalue weighted by Gasteiger charge is 2.36. The summed E-state index contributed by atoms with van der Waals surface area (Å²) in [7, 11) is 0. The van der Waals surface area contributed by atoms with E-state index in [0.717, 1.165) is 16.0 Å². The van der Waals surface area contributed by atoms with Gasteiger partial charge in [0.2, 0.25) is 0 Å². The normalized spacial score (nSPS) is 14.3. The molecule has 0 radical (unpaired) electrons. The summed E-state index contributed by atoms with van der Waals surface area (Å²) in [5, 5.41) is 10.8. The van der Waals surface area contributed by atoms with Crippen LogP contribution in [0.3, 0.4) is 0 Å². The molecular weight excluding hydrogens is 376 g/mol. The van der Waals surface area contributed by atoms with Crippen molar-refractivity contribution in [1.29, 1.82) is 0 Å². The summed E-state index contributed by atoms with van der Waals surface area (Å²) in [5.41, 5.74) is 3.09. The number of amides is 2. The van der Waals surface area contributed by atoms with E-state index in [4.69, 9.17) is 0 Å². The van der Waals surface area contributed by atoms with Gasteiger partial charge in [-0.3, -0.25) is 19.4 Å². The van der Waals surface area contributed by atoms with Crippen LogP contribution in [0.2, 0.25) is 0 Å². The Kier molecular flexibility index (Phi) is 6.02. The topological polar surface area (TPSA) is 60.9 Å². The molecule has 1 N–H and O–H groups in total. The van der Waals surface area contributed by atoms with Crippen LogP contribution in [-0.2, 0) is 13.1 Å². The summed E-state index contributed by atoms with van der Waals surface area (Å²) in [5.74, 6) is -0.681. The second-order valence-corrected chi connectivity index (χ2v) is 7.56. The number of carbonyl (C=O) groups excluding carboxylic acids is 2. The second-order valence-electron chi connectivity index (χ2n) is 7.56. The van der Waals surface area contributed by atoms with Gasteiger partial charge in [-0.25, -0.2) is 0 Å². The average Bonchev–Trinajstić information content (AvgIpc) is 3.00. The van der Waals surface area contributed by atoms with Gasteiger partial charge in [0.1, 0.15) is 0 Å². The maximum Gasteiger partial charge on any atom is 0.261 e. The molecule has 30 heavy (non-hydrogen) atoms. The van der Waals surface area contributed by atoms with Crippen molar-refractivity contribution in [2.45, 2.75) is 19.2 Å². The number of β-amino-alcohol motifs (C(OH)–C–C–N with tert-alkyl or cyclic N) is 1. The van der Waals surface area contributed by atoms with Crippen LogP contribution in [0.4, 0.5) is 0 Å². The fourth-order valence-electron chi connectivity index (χ4n) is 3.84. The van der Waals surface area contributed by atoms with Gasteiger partial charge < -0.3 is 5.11 Å². The number of aliphatic hydroxyl groups is 1. The van der Waals surface area contributed by atoms with E-state index in [0.29, 0.717) is 30.8 Å². The molecule has 0 fully saturated rings. The number of hydrogen-bond acceptors (Lipinski definition) is 4. The van der Waals surface area contributed by atoms with Crippen LogP contribution in [0.1, 0.15) is 31.8 Å². The molecule has 5 nitrogen and oxygen atoms in total. The molecule has 1 aliphatic heterocycles. The van der Waals surface area contributed by atoms with Gasteiger partial charge in [-0.2, -0.15) is 0 Å². The van der Waals surface area contributed by atoms with E-state index in [2.05, 4.69) is 29.2 Å². The van der Waals surface area contributed by atoms with E-state index in [1.54, 1.807) is 24.3 Å². The first kappa shape index (κ1) is 20.0. The number of fused-ring (bicyclic) bond motifs is 1. The van der Waals surface area contributed by atoms with Gasteiger partial charge in [0, 0.05) is 19.6 Å². The van der Waals surface area contributed by atoms with Crippen LogP contribution < -0.4 is 0 Å². The van der Waals surface area contributed by atoms with Crippen molar-refractivity contribution >= 4 is 11.8 Å². The largest absolute Gasteiger partial charge is 0.390 e. The van der Waals surface area contributed by atoms with Gasteiger partial charge >= 0.3 is 0 Å². The number of nitrogens with zero attached hydrogens (tertiary/aromatic N) is 2. The number of rotatable bonds is 8. The highest BCUT2D eigenvalue weighted by Crippen LogP contribution is 2.22. The van der Waals surface area contributed by atoms with Crippen LogP contribution in [-0.4, -0.2) is 45.9 Å². The standard InChI is InChI=1S/C25H24N2O3/c28-21(18-27-24(29)22-13-7-8-14-23(22)25(27)30)17-26(15-19-9-3-1-4-10-19)16-20-11-5-2-6-12-20/h1-14,21,28H,15-18H2. The van der Waals surface area contributed by atoms with E-state index in [-0.39, 0.29) is 18.4 Å². The zero-order valence-electron chi connectivity index (χ0n) is 16.6. The molecular formula is C25H24N2O3. The van der Waals surface area contributed by atoms with Crippen molar-refractivity contribution in [1.82, 2.24) is 9.80 Å². The lowest BCUT2D eigenvalue weighted by Crippen LogP contribution is -2.42. The quantitative estimate of drug-likeness (QED) is 0.589. The maximum atomic E-state index is 12.6. The van der Waals surface area contributed by atoms with Crippen LogP contribution in [0.25, 0.3) is 0 Å². The Labute approximate surface area is 176 Å². The Balaban J connectivity index is 1.45. The molecule has 3 aromatic rings. The molecule has 0 aromatic heterocycles. The molecule has 5 heteroatoms. The fraction of sp³-hybridized carbons (Fsp3) is 0.200. The van der Waals surface area contributed by atoms with Crippen molar-refractivity contribution in [2.24, 2.45) is 0 Å². The first-order chi connectivity index (χ1) is 14.6. The fourth-order valence-corrected chi connectivity index (χ4v) is 3.84. The van der Waals surface area contributed by atoms with Crippen LogP contribution in [0.5, 0.6) is 0 Å². The Bertz CT molecular complexity index is 944. The van der Waals surface area contributed by atoms with Crippen molar-refractivity contribution in [3.8, 4) is 0 Å². The highest BCUT2D eigenvalue weighted by atomic mass is 16.3. The molecule has 4 rings (SSSR count). The predicted octanol–water partition coefficient (Wildman–Crippen LogP) is 3.35. The van der Waals surface area contributed by atoms with E-state index in [9.17, 15) is 14.7 Å². The van der Waals surface area contributed by atoms with Gasteiger partial charge in [0.05, 0.1) is 23.8 Å². The molecule has 1 heterocycles. The minimum absolute atomic E-state index is 0.0214. The number of carbonyl (C=O) groups is 2. The Morgan fingerprint density at radius 2 is 1.13 bits per heavy atom. The summed E-state index contributed by atoms with van der Waals surface area (Å²) in [6.45, 7) is 1.65. The second kappa shape index (κ2) is 9.03. The molecule has 3 aromatic carbocycles. The molecule has 1 atom stereocenters. The first-order valence-corrected chi connectivity index (χ1v) is 10.1. The zero-order chi connectivity index (χ0) is 20.9.